The maximum absolute atomic E-state index is 4.41. The van der Waals surface area contributed by atoms with Crippen molar-refractivity contribution in [1.82, 2.24) is 9.97 Å². The lowest BCUT2D eigenvalue weighted by molar-refractivity contribution is 0.809. The third-order valence-corrected chi connectivity index (χ3v) is 3.16. The number of hydrogen-bond acceptors (Lipinski definition) is 3. The molecule has 0 amide bonds. The summed E-state index contributed by atoms with van der Waals surface area (Å²) >= 11 is 3.53. The van der Waals surface area contributed by atoms with Crippen LogP contribution in [0.2, 0.25) is 0 Å². The van der Waals surface area contributed by atoms with E-state index in [9.17, 15) is 0 Å². The van der Waals surface area contributed by atoms with Crippen LogP contribution < -0.4 is 4.90 Å². The van der Waals surface area contributed by atoms with Gasteiger partial charge in [-0.3, -0.25) is 4.98 Å². The van der Waals surface area contributed by atoms with E-state index in [1.54, 1.807) is 0 Å². The summed E-state index contributed by atoms with van der Waals surface area (Å²) < 4.78 is 1.02. The van der Waals surface area contributed by atoms with Crippen LogP contribution in [0.5, 0.6) is 0 Å². The van der Waals surface area contributed by atoms with Gasteiger partial charge >= 0.3 is 0 Å². The summed E-state index contributed by atoms with van der Waals surface area (Å²) in [5, 5.41) is 0. The van der Waals surface area contributed by atoms with Crippen LogP contribution in [0.1, 0.15) is 12.5 Å². The van der Waals surface area contributed by atoms with Crippen LogP contribution in [0.25, 0.3) is 0 Å². The van der Waals surface area contributed by atoms with Crippen LogP contribution in [0.15, 0.2) is 47.3 Å². The minimum Gasteiger partial charge on any atom is -0.352 e. The second-order valence-electron chi connectivity index (χ2n) is 3.68. The average molecular weight is 292 g/mol. The number of anilines is 1. The summed E-state index contributed by atoms with van der Waals surface area (Å²) in [4.78, 5) is 10.7. The Morgan fingerprint density at radius 1 is 1.18 bits per heavy atom. The zero-order valence-electron chi connectivity index (χ0n) is 9.68. The topological polar surface area (TPSA) is 29.0 Å². The highest BCUT2D eigenvalue weighted by Gasteiger charge is 2.09. The first kappa shape index (κ1) is 12.0. The number of hydrogen-bond donors (Lipinski definition) is 0. The van der Waals surface area contributed by atoms with Gasteiger partial charge in [-0.15, -0.1) is 0 Å². The van der Waals surface area contributed by atoms with Crippen molar-refractivity contribution in [2.75, 3.05) is 11.4 Å². The summed E-state index contributed by atoms with van der Waals surface area (Å²) in [6.07, 6.45) is 5.45. The van der Waals surface area contributed by atoms with Gasteiger partial charge in [0.2, 0.25) is 0 Å². The van der Waals surface area contributed by atoms with Gasteiger partial charge in [-0.25, -0.2) is 4.98 Å². The molecular formula is C13H14BrN3. The van der Waals surface area contributed by atoms with Crippen molar-refractivity contribution in [2.24, 2.45) is 0 Å². The molecule has 4 heteroatoms. The fourth-order valence-electron chi connectivity index (χ4n) is 1.66. The van der Waals surface area contributed by atoms with Crippen molar-refractivity contribution in [3.8, 4) is 0 Å². The Hall–Kier alpha value is -1.42. The van der Waals surface area contributed by atoms with Crippen LogP contribution in [-0.4, -0.2) is 16.5 Å². The predicted molar refractivity (Wildman–Crippen MR) is 72.9 cm³/mol. The van der Waals surface area contributed by atoms with E-state index in [2.05, 4.69) is 37.7 Å². The number of rotatable bonds is 4. The highest BCUT2D eigenvalue weighted by atomic mass is 79.9. The molecule has 0 aliphatic rings. The largest absolute Gasteiger partial charge is 0.352 e. The molecule has 0 atom stereocenters. The molecule has 17 heavy (non-hydrogen) atoms. The van der Waals surface area contributed by atoms with E-state index in [1.807, 2.05) is 42.9 Å². The van der Waals surface area contributed by atoms with Gasteiger partial charge in [-0.2, -0.15) is 0 Å². The second-order valence-corrected chi connectivity index (χ2v) is 4.53. The molecule has 0 aliphatic carbocycles. The number of halogens is 1. The van der Waals surface area contributed by atoms with Gasteiger partial charge in [0.15, 0.2) is 0 Å². The molecule has 0 saturated carbocycles. The van der Waals surface area contributed by atoms with Crippen molar-refractivity contribution < 1.29 is 0 Å². The molecule has 0 N–H and O–H groups in total. The molecule has 2 aromatic heterocycles. The first-order valence-electron chi connectivity index (χ1n) is 5.55. The molecule has 2 aromatic rings. The Kier molecular flexibility index (Phi) is 4.09. The smallest absolute Gasteiger partial charge is 0.143 e. The SMILES string of the molecule is CCN(Cc1ccncc1)c1ncccc1Br. The molecule has 2 heterocycles. The molecule has 0 radical (unpaired) electrons. The molecule has 0 saturated heterocycles. The lowest BCUT2D eigenvalue weighted by Crippen LogP contribution is -2.23. The van der Waals surface area contributed by atoms with Crippen molar-refractivity contribution in [3.05, 3.63) is 52.9 Å². The Morgan fingerprint density at radius 3 is 2.59 bits per heavy atom. The van der Waals surface area contributed by atoms with E-state index in [0.29, 0.717) is 0 Å². The fourth-order valence-corrected chi connectivity index (χ4v) is 2.16. The number of pyridine rings is 2. The van der Waals surface area contributed by atoms with E-state index < -0.39 is 0 Å². The summed E-state index contributed by atoms with van der Waals surface area (Å²) in [7, 11) is 0. The maximum atomic E-state index is 4.41. The van der Waals surface area contributed by atoms with E-state index in [0.717, 1.165) is 23.4 Å². The molecule has 0 aliphatic heterocycles. The van der Waals surface area contributed by atoms with E-state index in [4.69, 9.17) is 0 Å². The van der Waals surface area contributed by atoms with Crippen molar-refractivity contribution in [3.63, 3.8) is 0 Å². The Bertz CT molecular complexity index is 473. The highest BCUT2D eigenvalue weighted by Crippen LogP contribution is 2.24. The van der Waals surface area contributed by atoms with Crippen molar-refractivity contribution in [2.45, 2.75) is 13.5 Å². The first-order valence-corrected chi connectivity index (χ1v) is 6.35. The third kappa shape index (κ3) is 3.03. The standard InChI is InChI=1S/C13H14BrN3/c1-2-17(10-11-5-8-15-9-6-11)13-12(14)4-3-7-16-13/h3-9H,2,10H2,1H3. The molecule has 0 spiro atoms. The van der Waals surface area contributed by atoms with E-state index in [-0.39, 0.29) is 0 Å². The summed E-state index contributed by atoms with van der Waals surface area (Å²) in [6.45, 7) is 3.88. The first-order chi connectivity index (χ1) is 8.31. The molecule has 88 valence electrons. The third-order valence-electron chi connectivity index (χ3n) is 2.54. The predicted octanol–water partition coefficient (Wildman–Crippen LogP) is 3.27. The maximum Gasteiger partial charge on any atom is 0.143 e. The zero-order chi connectivity index (χ0) is 12.1. The number of nitrogens with zero attached hydrogens (tertiary/aromatic N) is 3. The molecule has 0 fully saturated rings. The summed E-state index contributed by atoms with van der Waals surface area (Å²) in [6, 6.07) is 7.99. The van der Waals surface area contributed by atoms with Gasteiger partial charge < -0.3 is 4.90 Å². The monoisotopic (exact) mass is 291 g/mol. The molecule has 3 nitrogen and oxygen atoms in total. The zero-order valence-corrected chi connectivity index (χ0v) is 11.3. The molecule has 0 bridgehead atoms. The van der Waals surface area contributed by atoms with Crippen molar-refractivity contribution in [1.29, 1.82) is 0 Å². The van der Waals surface area contributed by atoms with Gasteiger partial charge in [0.05, 0.1) is 4.47 Å². The Balaban J connectivity index is 2.21. The Labute approximate surface area is 110 Å². The van der Waals surface area contributed by atoms with Crippen LogP contribution >= 0.6 is 15.9 Å². The highest BCUT2D eigenvalue weighted by molar-refractivity contribution is 9.10. The quantitative estimate of drug-likeness (QED) is 0.866. The molecular weight excluding hydrogens is 278 g/mol. The summed E-state index contributed by atoms with van der Waals surface area (Å²) in [5.41, 5.74) is 1.24. The van der Waals surface area contributed by atoms with Crippen LogP contribution in [0.4, 0.5) is 5.82 Å². The van der Waals surface area contributed by atoms with E-state index in [1.165, 1.54) is 5.56 Å². The minimum atomic E-state index is 0.842. The second kappa shape index (κ2) is 5.77. The van der Waals surface area contributed by atoms with Crippen LogP contribution in [0, 0.1) is 0 Å². The normalized spacial score (nSPS) is 10.2. The van der Waals surface area contributed by atoms with Crippen LogP contribution in [0.3, 0.4) is 0 Å². The van der Waals surface area contributed by atoms with Gasteiger partial charge in [-0.1, -0.05) is 0 Å². The van der Waals surface area contributed by atoms with Gasteiger partial charge in [0.25, 0.3) is 0 Å². The van der Waals surface area contributed by atoms with Gasteiger partial charge in [0, 0.05) is 31.7 Å². The van der Waals surface area contributed by atoms with Crippen molar-refractivity contribution >= 4 is 21.7 Å². The lowest BCUT2D eigenvalue weighted by Gasteiger charge is -2.22. The van der Waals surface area contributed by atoms with Crippen LogP contribution in [-0.2, 0) is 6.54 Å². The van der Waals surface area contributed by atoms with Gasteiger partial charge in [0.1, 0.15) is 5.82 Å². The Morgan fingerprint density at radius 2 is 1.94 bits per heavy atom. The molecule has 0 aromatic carbocycles. The van der Waals surface area contributed by atoms with E-state index >= 15 is 0 Å². The summed E-state index contributed by atoms with van der Waals surface area (Å²) in [5.74, 6) is 0.979. The molecule has 0 unspecified atom stereocenters. The van der Waals surface area contributed by atoms with Gasteiger partial charge in [-0.05, 0) is 52.7 Å². The average Bonchev–Trinajstić information content (AvgIpc) is 2.38. The minimum absolute atomic E-state index is 0.842. The fraction of sp³-hybridized carbons (Fsp3) is 0.231. The molecule has 2 rings (SSSR count). The lowest BCUT2D eigenvalue weighted by atomic mass is 10.2. The number of aromatic nitrogens is 2.